The molecule has 0 amide bonds. The van der Waals surface area contributed by atoms with E-state index in [1.54, 1.807) is 4.68 Å². The van der Waals surface area contributed by atoms with E-state index in [9.17, 15) is 4.79 Å². The Balaban J connectivity index is 2.59. The van der Waals surface area contributed by atoms with Gasteiger partial charge in [0.2, 0.25) is 0 Å². The zero-order chi connectivity index (χ0) is 12.4. The van der Waals surface area contributed by atoms with E-state index >= 15 is 0 Å². The first-order valence-electron chi connectivity index (χ1n) is 5.61. The third kappa shape index (κ3) is 2.11. The zero-order valence-corrected chi connectivity index (χ0v) is 10.2. The molecular formula is C13H15N3O. The van der Waals surface area contributed by atoms with Crippen molar-refractivity contribution in [2.45, 2.75) is 26.7 Å². The second-order valence-electron chi connectivity index (χ2n) is 4.38. The van der Waals surface area contributed by atoms with Gasteiger partial charge >= 0.3 is 0 Å². The SMILES string of the molecule is Cc1cccc(-n2nnc(C=O)c2C(C)C)c1. The number of aryl methyl sites for hydroxylation is 1. The van der Waals surface area contributed by atoms with Gasteiger partial charge in [-0.25, -0.2) is 4.68 Å². The summed E-state index contributed by atoms with van der Waals surface area (Å²) in [5.74, 6) is 0.200. The molecule has 4 heteroatoms. The Morgan fingerprint density at radius 2 is 2.12 bits per heavy atom. The van der Waals surface area contributed by atoms with Crippen LogP contribution in [0.3, 0.4) is 0 Å². The topological polar surface area (TPSA) is 47.8 Å². The van der Waals surface area contributed by atoms with Crippen LogP contribution in [0.15, 0.2) is 24.3 Å². The summed E-state index contributed by atoms with van der Waals surface area (Å²) < 4.78 is 1.74. The molecule has 0 N–H and O–H groups in total. The fourth-order valence-electron chi connectivity index (χ4n) is 1.88. The van der Waals surface area contributed by atoms with E-state index in [1.165, 1.54) is 0 Å². The Kier molecular flexibility index (Phi) is 3.04. The highest BCUT2D eigenvalue weighted by Crippen LogP contribution is 2.20. The van der Waals surface area contributed by atoms with E-state index in [0.717, 1.165) is 23.2 Å². The van der Waals surface area contributed by atoms with Crippen LogP contribution in [0.2, 0.25) is 0 Å². The quantitative estimate of drug-likeness (QED) is 0.760. The molecule has 1 aromatic carbocycles. The highest BCUT2D eigenvalue weighted by Gasteiger charge is 2.16. The van der Waals surface area contributed by atoms with Gasteiger partial charge in [-0.15, -0.1) is 5.10 Å². The molecule has 0 radical (unpaired) electrons. The average Bonchev–Trinajstić information content (AvgIpc) is 2.72. The van der Waals surface area contributed by atoms with Crippen LogP contribution in [0, 0.1) is 6.92 Å². The predicted molar refractivity (Wildman–Crippen MR) is 65.6 cm³/mol. The van der Waals surface area contributed by atoms with Crippen molar-refractivity contribution in [3.8, 4) is 5.69 Å². The Morgan fingerprint density at radius 1 is 1.35 bits per heavy atom. The molecular weight excluding hydrogens is 214 g/mol. The highest BCUT2D eigenvalue weighted by molar-refractivity contribution is 5.73. The number of hydrogen-bond donors (Lipinski definition) is 0. The smallest absolute Gasteiger partial charge is 0.172 e. The first kappa shape index (κ1) is 11.5. The zero-order valence-electron chi connectivity index (χ0n) is 10.2. The first-order chi connectivity index (χ1) is 8.13. The second kappa shape index (κ2) is 4.49. The fourth-order valence-corrected chi connectivity index (χ4v) is 1.88. The maximum Gasteiger partial charge on any atom is 0.172 e. The number of aromatic nitrogens is 3. The van der Waals surface area contributed by atoms with Crippen LogP contribution in [-0.2, 0) is 0 Å². The molecule has 1 aromatic heterocycles. The van der Waals surface area contributed by atoms with Crippen molar-refractivity contribution in [3.63, 3.8) is 0 Å². The predicted octanol–water partition coefficient (Wildman–Crippen LogP) is 2.51. The molecule has 0 fully saturated rings. The molecule has 0 unspecified atom stereocenters. The molecule has 88 valence electrons. The summed E-state index contributed by atoms with van der Waals surface area (Å²) in [4.78, 5) is 10.9. The van der Waals surface area contributed by atoms with Gasteiger partial charge in [-0.2, -0.15) is 0 Å². The third-order valence-corrected chi connectivity index (χ3v) is 2.64. The van der Waals surface area contributed by atoms with Crippen molar-refractivity contribution < 1.29 is 4.79 Å². The molecule has 1 heterocycles. The number of carbonyl (C=O) groups excluding carboxylic acids is 1. The van der Waals surface area contributed by atoms with Crippen molar-refractivity contribution >= 4 is 6.29 Å². The van der Waals surface area contributed by atoms with Gasteiger partial charge in [0.25, 0.3) is 0 Å². The van der Waals surface area contributed by atoms with Crippen LogP contribution in [0.25, 0.3) is 5.69 Å². The highest BCUT2D eigenvalue weighted by atomic mass is 16.1. The molecule has 0 atom stereocenters. The number of carbonyl (C=O) groups is 1. The summed E-state index contributed by atoms with van der Waals surface area (Å²) in [7, 11) is 0. The Bertz CT molecular complexity index is 543. The van der Waals surface area contributed by atoms with E-state index in [0.29, 0.717) is 5.69 Å². The molecule has 0 aliphatic heterocycles. The van der Waals surface area contributed by atoms with Crippen molar-refractivity contribution in [2.24, 2.45) is 0 Å². The molecule has 4 nitrogen and oxygen atoms in total. The summed E-state index contributed by atoms with van der Waals surface area (Å²) in [6, 6.07) is 7.98. The van der Waals surface area contributed by atoms with Crippen LogP contribution in [0.4, 0.5) is 0 Å². The molecule has 17 heavy (non-hydrogen) atoms. The Hall–Kier alpha value is -1.97. The number of rotatable bonds is 3. The average molecular weight is 229 g/mol. The lowest BCUT2D eigenvalue weighted by Crippen LogP contribution is -2.05. The number of aldehydes is 1. The second-order valence-corrected chi connectivity index (χ2v) is 4.38. The molecule has 0 aliphatic carbocycles. The summed E-state index contributed by atoms with van der Waals surface area (Å²) in [6.07, 6.45) is 0.759. The molecule has 2 aromatic rings. The molecule has 0 saturated carbocycles. The van der Waals surface area contributed by atoms with E-state index in [1.807, 2.05) is 45.0 Å². The monoisotopic (exact) mass is 229 g/mol. The minimum atomic E-state index is 0.200. The Morgan fingerprint density at radius 3 is 2.71 bits per heavy atom. The minimum absolute atomic E-state index is 0.200. The number of benzene rings is 1. The lowest BCUT2D eigenvalue weighted by molar-refractivity contribution is 0.111. The fraction of sp³-hybridized carbons (Fsp3) is 0.308. The lowest BCUT2D eigenvalue weighted by atomic mass is 10.1. The summed E-state index contributed by atoms with van der Waals surface area (Å²) >= 11 is 0. The first-order valence-corrected chi connectivity index (χ1v) is 5.61. The van der Waals surface area contributed by atoms with Gasteiger partial charge in [-0.05, 0) is 30.5 Å². The van der Waals surface area contributed by atoms with E-state index in [-0.39, 0.29) is 5.92 Å². The van der Waals surface area contributed by atoms with E-state index in [4.69, 9.17) is 0 Å². The lowest BCUT2D eigenvalue weighted by Gasteiger charge is -2.09. The van der Waals surface area contributed by atoms with Gasteiger partial charge in [0.05, 0.1) is 11.4 Å². The van der Waals surface area contributed by atoms with Gasteiger partial charge in [0.15, 0.2) is 6.29 Å². The largest absolute Gasteiger partial charge is 0.296 e. The molecule has 0 spiro atoms. The van der Waals surface area contributed by atoms with Gasteiger partial charge in [0, 0.05) is 0 Å². The van der Waals surface area contributed by atoms with Crippen molar-refractivity contribution in [1.82, 2.24) is 15.0 Å². The number of hydrogen-bond acceptors (Lipinski definition) is 3. The van der Waals surface area contributed by atoms with Crippen molar-refractivity contribution in [1.29, 1.82) is 0 Å². The maximum atomic E-state index is 10.9. The molecule has 0 bridgehead atoms. The summed E-state index contributed by atoms with van der Waals surface area (Å²) in [5, 5.41) is 7.96. The third-order valence-electron chi connectivity index (χ3n) is 2.64. The van der Waals surface area contributed by atoms with Gasteiger partial charge in [-0.3, -0.25) is 4.79 Å². The normalized spacial score (nSPS) is 10.8. The summed E-state index contributed by atoms with van der Waals surface area (Å²) in [6.45, 7) is 6.08. The van der Waals surface area contributed by atoms with Crippen LogP contribution in [0.5, 0.6) is 0 Å². The number of nitrogens with zero attached hydrogens (tertiary/aromatic N) is 3. The van der Waals surface area contributed by atoms with Crippen LogP contribution >= 0.6 is 0 Å². The maximum absolute atomic E-state index is 10.9. The van der Waals surface area contributed by atoms with Crippen LogP contribution in [0.1, 0.15) is 41.5 Å². The van der Waals surface area contributed by atoms with Crippen molar-refractivity contribution in [3.05, 3.63) is 41.2 Å². The van der Waals surface area contributed by atoms with Gasteiger partial charge in [0.1, 0.15) is 5.69 Å². The van der Waals surface area contributed by atoms with Gasteiger partial charge < -0.3 is 0 Å². The standard InChI is InChI=1S/C13H15N3O/c1-9(2)13-12(8-17)14-15-16(13)11-6-4-5-10(3)7-11/h4-9H,1-3H3. The molecule has 0 aliphatic rings. The Labute approximate surface area is 100 Å². The minimum Gasteiger partial charge on any atom is -0.296 e. The summed E-state index contributed by atoms with van der Waals surface area (Å²) in [5.41, 5.74) is 3.36. The van der Waals surface area contributed by atoms with E-state index < -0.39 is 0 Å². The van der Waals surface area contributed by atoms with Crippen LogP contribution in [-0.4, -0.2) is 21.3 Å². The molecule has 0 saturated heterocycles. The van der Waals surface area contributed by atoms with Gasteiger partial charge in [-0.1, -0.05) is 31.2 Å². The van der Waals surface area contributed by atoms with Crippen molar-refractivity contribution in [2.75, 3.05) is 0 Å². The van der Waals surface area contributed by atoms with E-state index in [2.05, 4.69) is 10.3 Å². The molecule has 2 rings (SSSR count). The van der Waals surface area contributed by atoms with Crippen LogP contribution < -0.4 is 0 Å².